The summed E-state index contributed by atoms with van der Waals surface area (Å²) < 4.78 is 13.3. The van der Waals surface area contributed by atoms with Crippen molar-refractivity contribution in [3.8, 4) is 0 Å². The first kappa shape index (κ1) is 13.3. The Morgan fingerprint density at radius 1 is 1.39 bits per heavy atom. The van der Waals surface area contributed by atoms with Crippen LogP contribution in [0, 0.1) is 24.6 Å². The van der Waals surface area contributed by atoms with Crippen molar-refractivity contribution < 1.29 is 9.50 Å². The van der Waals surface area contributed by atoms with Gasteiger partial charge >= 0.3 is 0 Å². The van der Waals surface area contributed by atoms with Crippen molar-refractivity contribution in [2.75, 3.05) is 11.9 Å². The summed E-state index contributed by atoms with van der Waals surface area (Å²) in [4.78, 5) is 0. The maximum Gasteiger partial charge on any atom is 0.125 e. The first-order chi connectivity index (χ1) is 8.44. The lowest BCUT2D eigenvalue weighted by molar-refractivity contribution is 0.0647. The summed E-state index contributed by atoms with van der Waals surface area (Å²) in [5.74, 6) is 1.06. The summed E-state index contributed by atoms with van der Waals surface area (Å²) in [6.45, 7) is 6.39. The van der Waals surface area contributed by atoms with Gasteiger partial charge in [0.15, 0.2) is 0 Å². The van der Waals surface area contributed by atoms with Crippen LogP contribution in [0.15, 0.2) is 18.2 Å². The third kappa shape index (κ3) is 2.66. The van der Waals surface area contributed by atoms with E-state index in [1.54, 1.807) is 0 Å². The maximum absolute atomic E-state index is 13.3. The fourth-order valence-corrected chi connectivity index (χ4v) is 2.80. The van der Waals surface area contributed by atoms with Crippen molar-refractivity contribution in [1.29, 1.82) is 0 Å². The van der Waals surface area contributed by atoms with Crippen LogP contribution < -0.4 is 5.32 Å². The Morgan fingerprint density at radius 2 is 2.06 bits per heavy atom. The van der Waals surface area contributed by atoms with E-state index in [2.05, 4.69) is 19.2 Å². The van der Waals surface area contributed by atoms with Crippen LogP contribution in [0.25, 0.3) is 0 Å². The van der Waals surface area contributed by atoms with Gasteiger partial charge in [0, 0.05) is 5.69 Å². The van der Waals surface area contributed by atoms with Crippen molar-refractivity contribution in [3.05, 3.63) is 29.6 Å². The van der Waals surface area contributed by atoms with E-state index in [4.69, 9.17) is 0 Å². The van der Waals surface area contributed by atoms with Gasteiger partial charge in [-0.25, -0.2) is 4.39 Å². The van der Waals surface area contributed by atoms with Gasteiger partial charge in [-0.05, 0) is 55.4 Å². The molecule has 2 nitrogen and oxygen atoms in total. The Labute approximate surface area is 108 Å². The number of hydrogen-bond donors (Lipinski definition) is 2. The minimum Gasteiger partial charge on any atom is -0.394 e. The highest BCUT2D eigenvalue weighted by atomic mass is 19.1. The molecule has 0 radical (unpaired) electrons. The molecule has 1 aliphatic rings. The van der Waals surface area contributed by atoms with Gasteiger partial charge in [0.1, 0.15) is 5.82 Å². The normalized spacial score (nSPS) is 27.1. The van der Waals surface area contributed by atoms with E-state index in [0.717, 1.165) is 24.1 Å². The highest BCUT2D eigenvalue weighted by Crippen LogP contribution is 2.44. The Kier molecular flexibility index (Phi) is 3.62. The van der Waals surface area contributed by atoms with E-state index in [0.29, 0.717) is 11.8 Å². The lowest BCUT2D eigenvalue weighted by Crippen LogP contribution is -2.54. The lowest BCUT2D eigenvalue weighted by Gasteiger charge is -2.49. The Morgan fingerprint density at radius 3 is 2.56 bits per heavy atom. The molecule has 0 spiro atoms. The topological polar surface area (TPSA) is 32.3 Å². The summed E-state index contributed by atoms with van der Waals surface area (Å²) in [6.07, 6.45) is 1.91. The molecule has 1 aliphatic carbocycles. The van der Waals surface area contributed by atoms with Gasteiger partial charge in [0.2, 0.25) is 0 Å². The van der Waals surface area contributed by atoms with Crippen LogP contribution >= 0.6 is 0 Å². The molecule has 100 valence electrons. The number of aliphatic hydroxyl groups is 1. The molecule has 0 saturated heterocycles. The molecule has 0 bridgehead atoms. The van der Waals surface area contributed by atoms with Gasteiger partial charge in [-0.2, -0.15) is 0 Å². The number of aryl methyl sites for hydroxylation is 1. The third-order valence-electron chi connectivity index (χ3n) is 4.00. The highest BCUT2D eigenvalue weighted by molar-refractivity contribution is 5.49. The average molecular weight is 251 g/mol. The van der Waals surface area contributed by atoms with E-state index < -0.39 is 0 Å². The second kappa shape index (κ2) is 4.88. The molecule has 1 aromatic rings. The van der Waals surface area contributed by atoms with Gasteiger partial charge in [-0.3, -0.25) is 0 Å². The third-order valence-corrected chi connectivity index (χ3v) is 4.00. The van der Waals surface area contributed by atoms with Gasteiger partial charge < -0.3 is 10.4 Å². The smallest absolute Gasteiger partial charge is 0.125 e. The zero-order chi connectivity index (χ0) is 13.3. The number of benzene rings is 1. The number of nitrogens with one attached hydrogen (secondary N) is 1. The Bertz CT molecular complexity index is 404. The van der Waals surface area contributed by atoms with Crippen molar-refractivity contribution in [1.82, 2.24) is 0 Å². The minimum atomic E-state index is -0.255. The summed E-state index contributed by atoms with van der Waals surface area (Å²) in [7, 11) is 0. The number of hydrogen-bond acceptors (Lipinski definition) is 2. The maximum atomic E-state index is 13.3. The number of rotatable bonds is 4. The monoisotopic (exact) mass is 251 g/mol. The van der Waals surface area contributed by atoms with Gasteiger partial charge in [0.25, 0.3) is 0 Å². The summed E-state index contributed by atoms with van der Waals surface area (Å²) in [5.41, 5.74) is 1.41. The van der Waals surface area contributed by atoms with E-state index >= 15 is 0 Å². The molecule has 3 heteroatoms. The molecule has 1 fully saturated rings. The van der Waals surface area contributed by atoms with Crippen molar-refractivity contribution in [3.63, 3.8) is 0 Å². The quantitative estimate of drug-likeness (QED) is 0.860. The molecular formula is C15H22FNO. The lowest BCUT2D eigenvalue weighted by atomic mass is 9.64. The van der Waals surface area contributed by atoms with E-state index in [1.165, 1.54) is 12.1 Å². The van der Waals surface area contributed by atoms with Crippen LogP contribution in [0.3, 0.4) is 0 Å². The second-order valence-electron chi connectivity index (χ2n) is 5.99. The molecule has 0 aromatic heterocycles. The van der Waals surface area contributed by atoms with Crippen LogP contribution in [0.4, 0.5) is 10.1 Å². The molecule has 0 unspecified atom stereocenters. The zero-order valence-corrected chi connectivity index (χ0v) is 11.3. The molecule has 1 saturated carbocycles. The van der Waals surface area contributed by atoms with Gasteiger partial charge in [-0.15, -0.1) is 0 Å². The molecule has 0 heterocycles. The largest absolute Gasteiger partial charge is 0.394 e. The number of halogens is 1. The van der Waals surface area contributed by atoms with E-state index in [-0.39, 0.29) is 18.0 Å². The molecule has 0 atom stereocenters. The van der Waals surface area contributed by atoms with Crippen LogP contribution in [0.5, 0.6) is 0 Å². The predicted octanol–water partition coefficient (Wildman–Crippen LogP) is 3.34. The van der Waals surface area contributed by atoms with E-state index in [9.17, 15) is 9.50 Å². The molecule has 2 N–H and O–H groups in total. The van der Waals surface area contributed by atoms with Crippen LogP contribution in [0.2, 0.25) is 0 Å². The minimum absolute atomic E-state index is 0.103. The molecule has 1 aromatic carbocycles. The van der Waals surface area contributed by atoms with Crippen molar-refractivity contribution >= 4 is 5.69 Å². The summed E-state index contributed by atoms with van der Waals surface area (Å²) in [5, 5.41) is 12.9. The van der Waals surface area contributed by atoms with Crippen molar-refractivity contribution in [2.24, 2.45) is 11.8 Å². The first-order valence-corrected chi connectivity index (χ1v) is 6.60. The Balaban J connectivity index is 2.08. The summed E-state index contributed by atoms with van der Waals surface area (Å²) >= 11 is 0. The molecule has 0 aliphatic heterocycles. The fraction of sp³-hybridized carbons (Fsp3) is 0.600. The predicted molar refractivity (Wildman–Crippen MR) is 72.1 cm³/mol. The fourth-order valence-electron chi connectivity index (χ4n) is 2.80. The molecular weight excluding hydrogens is 229 g/mol. The highest BCUT2D eigenvalue weighted by Gasteiger charge is 2.44. The van der Waals surface area contributed by atoms with Crippen LogP contribution in [-0.4, -0.2) is 17.3 Å². The van der Waals surface area contributed by atoms with Crippen LogP contribution in [0.1, 0.15) is 32.3 Å². The summed E-state index contributed by atoms with van der Waals surface area (Å²) in [6, 6.07) is 4.92. The van der Waals surface area contributed by atoms with Gasteiger partial charge in [0.05, 0.1) is 12.1 Å². The SMILES string of the molecule is Cc1cc(F)cc(NC2(CO)CC(C(C)C)C2)c1. The van der Waals surface area contributed by atoms with Crippen molar-refractivity contribution in [2.45, 2.75) is 39.2 Å². The Hall–Kier alpha value is -1.09. The number of anilines is 1. The zero-order valence-electron chi connectivity index (χ0n) is 11.3. The molecule has 2 rings (SSSR count). The second-order valence-corrected chi connectivity index (χ2v) is 5.99. The number of aliphatic hydroxyl groups excluding tert-OH is 1. The average Bonchev–Trinajstić information content (AvgIpc) is 2.20. The molecule has 18 heavy (non-hydrogen) atoms. The van der Waals surface area contributed by atoms with Crippen LogP contribution in [-0.2, 0) is 0 Å². The van der Waals surface area contributed by atoms with E-state index in [1.807, 2.05) is 13.0 Å². The molecule has 0 amide bonds. The first-order valence-electron chi connectivity index (χ1n) is 6.60. The van der Waals surface area contributed by atoms with Gasteiger partial charge in [-0.1, -0.05) is 13.8 Å². The standard InChI is InChI=1S/C15H22FNO/c1-10(2)12-7-15(8-12,9-18)17-14-5-11(3)4-13(16)6-14/h4-6,10,12,17-18H,7-9H2,1-3H3.